The predicted octanol–water partition coefficient (Wildman–Crippen LogP) is 6.11. The monoisotopic (exact) mass is 630 g/mol. The number of anilines is 1. The molecule has 3 amide bonds. The van der Waals surface area contributed by atoms with Crippen molar-refractivity contribution in [3.05, 3.63) is 125 Å². The Morgan fingerprint density at radius 1 is 0.979 bits per heavy atom. The minimum atomic E-state index is -1.10. The van der Waals surface area contributed by atoms with Gasteiger partial charge in [0.1, 0.15) is 30.5 Å². The lowest BCUT2D eigenvalue weighted by molar-refractivity contribution is -0.158. The number of carbonyl (C=O) groups excluding carboxylic acids is 3. The summed E-state index contributed by atoms with van der Waals surface area (Å²) in [7, 11) is 0. The van der Waals surface area contributed by atoms with Gasteiger partial charge in [0.05, 0.1) is 5.69 Å². The molecule has 1 saturated heterocycles. The Bertz CT molecular complexity index is 1750. The predicted molar refractivity (Wildman–Crippen MR) is 182 cm³/mol. The van der Waals surface area contributed by atoms with Gasteiger partial charge < -0.3 is 20.3 Å². The molecule has 0 saturated carbocycles. The van der Waals surface area contributed by atoms with Crippen molar-refractivity contribution in [3.8, 4) is 5.75 Å². The Morgan fingerprint density at radius 3 is 2.32 bits per heavy atom. The molecular weight excluding hydrogens is 588 g/mol. The molecule has 242 valence electrons. The number of nitrogens with one attached hydrogen (secondary N) is 2. The molecule has 0 bridgehead atoms. The number of pyridine rings is 1. The smallest absolute Gasteiger partial charge is 0.252 e. The van der Waals surface area contributed by atoms with Gasteiger partial charge in [0, 0.05) is 17.5 Å². The van der Waals surface area contributed by atoms with E-state index in [1.807, 2.05) is 94.4 Å². The molecule has 47 heavy (non-hydrogen) atoms. The number of amides is 3. The van der Waals surface area contributed by atoms with Crippen LogP contribution in [0.5, 0.6) is 5.75 Å². The fraction of sp³-hybridized carbons (Fsp3) is 0.333. The summed E-state index contributed by atoms with van der Waals surface area (Å²) in [5, 5.41) is 6.18. The second-order valence-corrected chi connectivity index (χ2v) is 12.8. The largest absolute Gasteiger partial charge is 0.487 e. The van der Waals surface area contributed by atoms with Crippen molar-refractivity contribution in [1.29, 1.82) is 0 Å². The number of aromatic nitrogens is 1. The van der Waals surface area contributed by atoms with Gasteiger partial charge in [-0.3, -0.25) is 19.4 Å². The van der Waals surface area contributed by atoms with Gasteiger partial charge in [0.15, 0.2) is 0 Å². The van der Waals surface area contributed by atoms with Crippen LogP contribution < -0.4 is 15.4 Å². The summed E-state index contributed by atoms with van der Waals surface area (Å²) in [6.07, 6.45) is 3.68. The standard InChI is InChI=1S/C39H42N4O4/c1-5-24(2)35-37(44)42-34(30-20-28-15-9-10-16-29(28)21-30)39(46)43(35)36(31-22-40-26(4)19-25(31)3)38(45)41-32-17-11-12-18-33(32)47-23-27-13-7-6-8-14-27/h6-19,22,24,30,34-36H,5,20-21,23H2,1-4H3,(H,41,45)(H,42,44). The lowest BCUT2D eigenvalue weighted by Gasteiger charge is -2.46. The van der Waals surface area contributed by atoms with E-state index in [9.17, 15) is 14.4 Å². The van der Waals surface area contributed by atoms with Crippen molar-refractivity contribution in [3.63, 3.8) is 0 Å². The molecule has 1 aliphatic heterocycles. The van der Waals surface area contributed by atoms with Gasteiger partial charge in [-0.2, -0.15) is 0 Å². The number of rotatable bonds is 10. The molecule has 2 heterocycles. The molecule has 1 aromatic heterocycles. The Hall–Kier alpha value is -4.98. The number of piperazine rings is 1. The zero-order valence-electron chi connectivity index (χ0n) is 27.4. The maximum Gasteiger partial charge on any atom is 0.252 e. The van der Waals surface area contributed by atoms with Crippen LogP contribution in [0.15, 0.2) is 91.1 Å². The fourth-order valence-corrected chi connectivity index (χ4v) is 6.96. The summed E-state index contributed by atoms with van der Waals surface area (Å²) in [6.45, 7) is 8.08. The first-order valence-electron chi connectivity index (χ1n) is 16.4. The maximum absolute atomic E-state index is 14.8. The van der Waals surface area contributed by atoms with E-state index in [1.54, 1.807) is 17.2 Å². The zero-order valence-corrected chi connectivity index (χ0v) is 27.4. The van der Waals surface area contributed by atoms with Gasteiger partial charge in [-0.05, 0) is 79.0 Å². The van der Waals surface area contributed by atoms with Gasteiger partial charge in [-0.25, -0.2) is 0 Å². The Morgan fingerprint density at radius 2 is 1.64 bits per heavy atom. The van der Waals surface area contributed by atoms with E-state index in [0.29, 0.717) is 42.9 Å². The highest BCUT2D eigenvalue weighted by atomic mass is 16.5. The van der Waals surface area contributed by atoms with Crippen LogP contribution in [0.1, 0.15) is 59.8 Å². The van der Waals surface area contributed by atoms with Crippen LogP contribution in [0.25, 0.3) is 0 Å². The third-order valence-corrected chi connectivity index (χ3v) is 9.61. The van der Waals surface area contributed by atoms with Gasteiger partial charge in [0.2, 0.25) is 11.8 Å². The molecule has 4 atom stereocenters. The van der Waals surface area contributed by atoms with Crippen molar-refractivity contribution in [2.24, 2.45) is 11.8 Å². The highest BCUT2D eigenvalue weighted by molar-refractivity contribution is 6.04. The van der Waals surface area contributed by atoms with Crippen LogP contribution in [0.2, 0.25) is 0 Å². The highest BCUT2D eigenvalue weighted by Gasteiger charge is 2.51. The number of fused-ring (bicyclic) bond motifs is 1. The van der Waals surface area contributed by atoms with Crippen LogP contribution in [-0.2, 0) is 33.8 Å². The first-order valence-corrected chi connectivity index (χ1v) is 16.4. The maximum atomic E-state index is 14.8. The molecule has 6 rings (SSSR count). The first-order chi connectivity index (χ1) is 22.7. The summed E-state index contributed by atoms with van der Waals surface area (Å²) in [5.74, 6) is -0.721. The summed E-state index contributed by atoms with van der Waals surface area (Å²) < 4.78 is 6.15. The second-order valence-electron chi connectivity index (χ2n) is 12.8. The third kappa shape index (κ3) is 6.64. The summed E-state index contributed by atoms with van der Waals surface area (Å²) in [5.41, 5.74) is 6.05. The van der Waals surface area contributed by atoms with E-state index >= 15 is 0 Å². The molecular formula is C39H42N4O4. The third-order valence-electron chi connectivity index (χ3n) is 9.61. The molecule has 2 N–H and O–H groups in total. The average Bonchev–Trinajstić information content (AvgIpc) is 3.51. The fourth-order valence-electron chi connectivity index (χ4n) is 6.96. The Labute approximate surface area is 276 Å². The van der Waals surface area contributed by atoms with E-state index in [0.717, 1.165) is 16.8 Å². The molecule has 1 fully saturated rings. The lowest BCUT2D eigenvalue weighted by Crippen LogP contribution is -2.68. The second kappa shape index (κ2) is 13.8. The highest BCUT2D eigenvalue weighted by Crippen LogP contribution is 2.38. The van der Waals surface area contributed by atoms with Crippen molar-refractivity contribution < 1.29 is 19.1 Å². The molecule has 4 unspecified atom stereocenters. The quantitative estimate of drug-likeness (QED) is 0.220. The zero-order chi connectivity index (χ0) is 33.1. The van der Waals surface area contributed by atoms with E-state index in [-0.39, 0.29) is 23.7 Å². The number of hydrogen-bond donors (Lipinski definition) is 2. The number of benzene rings is 3. The Kier molecular flexibility index (Phi) is 9.38. The first kappa shape index (κ1) is 32.0. The van der Waals surface area contributed by atoms with Crippen LogP contribution in [0.4, 0.5) is 5.69 Å². The van der Waals surface area contributed by atoms with Crippen LogP contribution in [0, 0.1) is 25.7 Å². The Balaban J connectivity index is 1.38. The van der Waals surface area contributed by atoms with Crippen molar-refractivity contribution in [1.82, 2.24) is 15.2 Å². The van der Waals surface area contributed by atoms with Crippen LogP contribution in [0.3, 0.4) is 0 Å². The number of hydrogen-bond acceptors (Lipinski definition) is 5. The number of nitrogens with zero attached hydrogens (tertiary/aromatic N) is 2. The molecule has 8 heteroatoms. The minimum absolute atomic E-state index is 0.114. The van der Waals surface area contributed by atoms with Crippen LogP contribution >= 0.6 is 0 Å². The molecule has 0 radical (unpaired) electrons. The van der Waals surface area contributed by atoms with E-state index < -0.39 is 24.0 Å². The van der Waals surface area contributed by atoms with Crippen molar-refractivity contribution >= 4 is 23.4 Å². The molecule has 3 aromatic carbocycles. The van der Waals surface area contributed by atoms with Gasteiger partial charge in [0.25, 0.3) is 5.91 Å². The van der Waals surface area contributed by atoms with E-state index in [1.165, 1.54) is 11.1 Å². The minimum Gasteiger partial charge on any atom is -0.487 e. The van der Waals surface area contributed by atoms with Crippen molar-refractivity contribution in [2.75, 3.05) is 5.32 Å². The SMILES string of the molecule is CCC(C)C1C(=O)NC(C2Cc3ccccc3C2)C(=O)N1C(C(=O)Nc1ccccc1OCc1ccccc1)c1cnc(C)cc1C. The topological polar surface area (TPSA) is 101 Å². The van der Waals surface area contributed by atoms with Gasteiger partial charge in [-0.1, -0.05) is 87.0 Å². The lowest BCUT2D eigenvalue weighted by atomic mass is 9.85. The summed E-state index contributed by atoms with van der Waals surface area (Å²) in [6, 6.07) is 24.4. The van der Waals surface area contributed by atoms with Gasteiger partial charge >= 0.3 is 0 Å². The van der Waals surface area contributed by atoms with E-state index in [2.05, 4.69) is 27.8 Å². The molecule has 0 spiro atoms. The summed E-state index contributed by atoms with van der Waals surface area (Å²) in [4.78, 5) is 49.6. The number of ether oxygens (including phenoxy) is 1. The molecule has 2 aliphatic rings. The molecule has 8 nitrogen and oxygen atoms in total. The average molecular weight is 631 g/mol. The molecule has 4 aromatic rings. The molecule has 1 aliphatic carbocycles. The normalized spacial score (nSPS) is 19.1. The number of para-hydroxylation sites is 2. The van der Waals surface area contributed by atoms with Crippen LogP contribution in [-0.4, -0.2) is 39.7 Å². The van der Waals surface area contributed by atoms with E-state index in [4.69, 9.17) is 4.74 Å². The number of aryl methyl sites for hydroxylation is 2. The number of carbonyl (C=O) groups is 3. The van der Waals surface area contributed by atoms with Crippen molar-refractivity contribution in [2.45, 2.75) is 71.7 Å². The van der Waals surface area contributed by atoms with Gasteiger partial charge in [-0.15, -0.1) is 0 Å². The summed E-state index contributed by atoms with van der Waals surface area (Å²) >= 11 is 0.